The van der Waals surface area contributed by atoms with Crippen LogP contribution in [0.4, 0.5) is 19.5 Å². The monoisotopic (exact) mass is 459 g/mol. The summed E-state index contributed by atoms with van der Waals surface area (Å²) >= 11 is 1.51. The van der Waals surface area contributed by atoms with E-state index in [0.29, 0.717) is 18.4 Å². The quantitative estimate of drug-likeness (QED) is 0.602. The Hall–Kier alpha value is -2.79. The number of nitrogens with zero attached hydrogens (tertiary/aromatic N) is 5. The topological polar surface area (TPSA) is 95.9 Å². The highest BCUT2D eigenvalue weighted by Gasteiger charge is 2.43. The Morgan fingerprint density at radius 2 is 2.03 bits per heavy atom. The van der Waals surface area contributed by atoms with Crippen molar-refractivity contribution in [3.8, 4) is 10.6 Å². The first-order chi connectivity index (χ1) is 15.5. The van der Waals surface area contributed by atoms with Crippen LogP contribution in [0, 0.1) is 6.92 Å². The van der Waals surface area contributed by atoms with Crippen LogP contribution in [0.5, 0.6) is 0 Å². The number of hydrogen-bond acceptors (Lipinski definition) is 7. The van der Waals surface area contributed by atoms with Gasteiger partial charge in [0, 0.05) is 35.3 Å². The fourth-order valence-electron chi connectivity index (χ4n) is 4.72. The van der Waals surface area contributed by atoms with Gasteiger partial charge in [-0.05, 0) is 38.7 Å². The van der Waals surface area contributed by atoms with Gasteiger partial charge in [0.1, 0.15) is 10.0 Å². The molecule has 1 aromatic carbocycles. The van der Waals surface area contributed by atoms with Gasteiger partial charge in [-0.1, -0.05) is 23.5 Å². The summed E-state index contributed by atoms with van der Waals surface area (Å²) in [6.07, 6.45) is 2.44. The van der Waals surface area contributed by atoms with Crippen molar-refractivity contribution >= 4 is 34.2 Å². The van der Waals surface area contributed by atoms with E-state index in [0.717, 1.165) is 33.8 Å². The Balaban J connectivity index is 1.29. The molecule has 168 valence electrons. The van der Waals surface area contributed by atoms with Crippen molar-refractivity contribution in [2.24, 2.45) is 0 Å². The summed E-state index contributed by atoms with van der Waals surface area (Å²) in [5.74, 6) is 0.241. The minimum atomic E-state index is -2.37. The molecule has 0 radical (unpaired) electrons. The number of benzene rings is 1. The Labute approximate surface area is 187 Å². The van der Waals surface area contributed by atoms with Crippen molar-refractivity contribution in [3.63, 3.8) is 0 Å². The number of aryl methyl sites for hydroxylation is 1. The third-order valence-electron chi connectivity index (χ3n) is 6.10. The molecule has 2 aliphatic rings. The zero-order chi connectivity index (χ0) is 22.2. The third-order valence-corrected chi connectivity index (χ3v) is 6.99. The molecule has 2 amide bonds. The number of halogens is 2. The average Bonchev–Trinajstić information content (AvgIpc) is 3.32. The minimum absolute atomic E-state index is 0.0184. The number of alkyl halides is 2. The molecule has 0 unspecified atom stereocenters. The second kappa shape index (κ2) is 8.62. The van der Waals surface area contributed by atoms with Gasteiger partial charge < -0.3 is 10.2 Å². The van der Waals surface area contributed by atoms with E-state index in [1.807, 2.05) is 30.0 Å². The summed E-state index contributed by atoms with van der Waals surface area (Å²) in [5.41, 5.74) is 1.62. The lowest BCUT2D eigenvalue weighted by Gasteiger charge is -2.39. The molecule has 2 aromatic heterocycles. The fraction of sp³-hybridized carbons (Fsp3) is 0.476. The molecule has 2 aliphatic heterocycles. The molecule has 2 saturated heterocycles. The number of urea groups is 1. The van der Waals surface area contributed by atoms with Crippen molar-refractivity contribution in [3.05, 3.63) is 29.4 Å². The molecule has 3 atom stereocenters. The Bertz CT molecular complexity index is 1130. The third kappa shape index (κ3) is 4.26. The van der Waals surface area contributed by atoms with Crippen molar-refractivity contribution in [2.45, 2.75) is 57.2 Å². The summed E-state index contributed by atoms with van der Waals surface area (Å²) in [5, 5.41) is 16.6. The van der Waals surface area contributed by atoms with E-state index in [1.54, 1.807) is 6.20 Å². The fourth-order valence-corrected chi connectivity index (χ4v) is 5.41. The Kier molecular flexibility index (Phi) is 5.68. The van der Waals surface area contributed by atoms with E-state index >= 15 is 0 Å². The van der Waals surface area contributed by atoms with Gasteiger partial charge in [-0.25, -0.2) is 23.5 Å². The van der Waals surface area contributed by atoms with Gasteiger partial charge in [0.05, 0.1) is 12.1 Å². The predicted octanol–water partition coefficient (Wildman–Crippen LogP) is 3.84. The van der Waals surface area contributed by atoms with Gasteiger partial charge in [-0.15, -0.1) is 10.2 Å². The van der Waals surface area contributed by atoms with Gasteiger partial charge in [0.2, 0.25) is 5.95 Å². The predicted molar refractivity (Wildman–Crippen MR) is 118 cm³/mol. The maximum Gasteiger partial charge on any atom is 0.324 e. The molecule has 3 aromatic rings. The van der Waals surface area contributed by atoms with Crippen LogP contribution in [0.1, 0.15) is 30.7 Å². The van der Waals surface area contributed by atoms with E-state index in [2.05, 4.69) is 30.8 Å². The van der Waals surface area contributed by atoms with E-state index in [-0.39, 0.29) is 36.6 Å². The summed E-state index contributed by atoms with van der Waals surface area (Å²) in [6, 6.07) is 5.65. The first-order valence-corrected chi connectivity index (χ1v) is 11.5. The molecular formula is C21H23F2N7OS. The molecule has 0 saturated carbocycles. The van der Waals surface area contributed by atoms with Crippen molar-refractivity contribution in [1.29, 1.82) is 0 Å². The normalized spacial score (nSPS) is 22.6. The lowest BCUT2D eigenvalue weighted by molar-refractivity contribution is 0.115. The standard InChI is InChI=1S/C21H23F2N7OS/c1-11-28-29-19(32-11)12-2-3-13-9-25-20(26-17(13)6-12)27-21(31)30-15-4-5-16(30)8-14(7-15)24-10-18(22)23/h2-3,6,9,14-16,18,24H,4-5,7-8,10H2,1H3,(H,25,26,27,31)/t14-,15+,16-. The first kappa shape index (κ1) is 21.1. The van der Waals surface area contributed by atoms with E-state index in [9.17, 15) is 13.6 Å². The number of aromatic nitrogens is 4. The lowest BCUT2D eigenvalue weighted by Crippen LogP contribution is -2.53. The van der Waals surface area contributed by atoms with Crippen LogP contribution in [-0.4, -0.2) is 62.2 Å². The lowest BCUT2D eigenvalue weighted by atomic mass is 9.97. The minimum Gasteiger partial charge on any atom is -0.318 e. The number of rotatable bonds is 5. The van der Waals surface area contributed by atoms with Gasteiger partial charge in [0.25, 0.3) is 6.43 Å². The maximum atomic E-state index is 13.0. The highest BCUT2D eigenvalue weighted by molar-refractivity contribution is 7.14. The molecule has 0 spiro atoms. The number of nitrogens with one attached hydrogen (secondary N) is 2. The number of carbonyl (C=O) groups is 1. The van der Waals surface area contributed by atoms with Gasteiger partial charge in [-0.2, -0.15) is 0 Å². The maximum absolute atomic E-state index is 13.0. The van der Waals surface area contributed by atoms with Crippen LogP contribution < -0.4 is 10.6 Å². The molecule has 2 bridgehead atoms. The van der Waals surface area contributed by atoms with Gasteiger partial charge in [0.15, 0.2) is 0 Å². The Morgan fingerprint density at radius 3 is 2.72 bits per heavy atom. The summed E-state index contributed by atoms with van der Waals surface area (Å²) in [7, 11) is 0. The van der Waals surface area contributed by atoms with E-state index in [1.165, 1.54) is 11.3 Å². The van der Waals surface area contributed by atoms with Crippen LogP contribution in [0.3, 0.4) is 0 Å². The number of fused-ring (bicyclic) bond motifs is 3. The van der Waals surface area contributed by atoms with Crippen LogP contribution in [0.25, 0.3) is 21.5 Å². The molecule has 8 nitrogen and oxygen atoms in total. The first-order valence-electron chi connectivity index (χ1n) is 10.6. The van der Waals surface area contributed by atoms with Crippen LogP contribution in [0.2, 0.25) is 0 Å². The molecular weight excluding hydrogens is 436 g/mol. The molecule has 11 heteroatoms. The molecule has 2 fully saturated rings. The number of carbonyl (C=O) groups excluding carboxylic acids is 1. The second-order valence-electron chi connectivity index (χ2n) is 8.28. The average molecular weight is 460 g/mol. The number of amides is 2. The smallest absolute Gasteiger partial charge is 0.318 e. The molecule has 5 rings (SSSR count). The number of piperidine rings is 1. The summed E-state index contributed by atoms with van der Waals surface area (Å²) < 4.78 is 25.0. The second-order valence-corrected chi connectivity index (χ2v) is 9.47. The van der Waals surface area contributed by atoms with E-state index in [4.69, 9.17) is 0 Å². The van der Waals surface area contributed by atoms with Crippen LogP contribution in [-0.2, 0) is 0 Å². The molecule has 2 N–H and O–H groups in total. The molecule has 0 aliphatic carbocycles. The zero-order valence-electron chi connectivity index (χ0n) is 17.5. The molecule has 32 heavy (non-hydrogen) atoms. The van der Waals surface area contributed by atoms with E-state index < -0.39 is 6.43 Å². The van der Waals surface area contributed by atoms with Gasteiger partial charge >= 0.3 is 6.03 Å². The SMILES string of the molecule is Cc1nnc(-c2ccc3cnc(NC(=O)N4[C@@H]5CC[C@H]4C[C@@H](NCC(F)F)C5)nc3c2)s1. The van der Waals surface area contributed by atoms with Crippen molar-refractivity contribution < 1.29 is 13.6 Å². The van der Waals surface area contributed by atoms with Crippen molar-refractivity contribution in [1.82, 2.24) is 30.4 Å². The summed E-state index contributed by atoms with van der Waals surface area (Å²) in [6.45, 7) is 1.60. The van der Waals surface area contributed by atoms with Crippen molar-refractivity contribution in [2.75, 3.05) is 11.9 Å². The zero-order valence-corrected chi connectivity index (χ0v) is 18.3. The van der Waals surface area contributed by atoms with Crippen LogP contribution >= 0.6 is 11.3 Å². The summed E-state index contributed by atoms with van der Waals surface area (Å²) in [4.78, 5) is 23.7. The molecule has 4 heterocycles. The van der Waals surface area contributed by atoms with Gasteiger partial charge in [-0.3, -0.25) is 5.32 Å². The van der Waals surface area contributed by atoms with Crippen LogP contribution in [0.15, 0.2) is 24.4 Å². The highest BCUT2D eigenvalue weighted by atomic mass is 32.1. The highest BCUT2D eigenvalue weighted by Crippen LogP contribution is 2.36. The largest absolute Gasteiger partial charge is 0.324 e. The number of anilines is 1. The Morgan fingerprint density at radius 1 is 1.25 bits per heavy atom. The number of hydrogen-bond donors (Lipinski definition) is 2.